The van der Waals surface area contributed by atoms with Crippen LogP contribution in [0.2, 0.25) is 0 Å². The van der Waals surface area contributed by atoms with Gasteiger partial charge >= 0.3 is 0 Å². The number of fused-ring (bicyclic) bond motifs is 1. The largest absolute Gasteiger partial charge is 0.390 e. The van der Waals surface area contributed by atoms with E-state index >= 15 is 0 Å². The molecule has 5 fully saturated rings. The van der Waals surface area contributed by atoms with Crippen LogP contribution in [0.4, 0.5) is 0 Å². The third kappa shape index (κ3) is 7.16. The van der Waals surface area contributed by atoms with E-state index in [9.17, 15) is 10.2 Å². The van der Waals surface area contributed by atoms with Crippen LogP contribution < -0.4 is 0 Å². The molecule has 5 rings (SSSR count). The second kappa shape index (κ2) is 15.1. The van der Waals surface area contributed by atoms with Gasteiger partial charge < -0.3 is 43.4 Å². The Morgan fingerprint density at radius 2 is 1.09 bits per heavy atom. The first-order valence-corrected chi connectivity index (χ1v) is 17.6. The zero-order valence-corrected chi connectivity index (χ0v) is 34.5. The van der Waals surface area contributed by atoms with Gasteiger partial charge in [-0.2, -0.15) is 0 Å². The van der Waals surface area contributed by atoms with Crippen molar-refractivity contribution in [3.8, 4) is 0 Å². The molecule has 1 saturated carbocycles. The Labute approximate surface area is 308 Å². The summed E-state index contributed by atoms with van der Waals surface area (Å²) in [6.45, 7) is 25.3. The average molecular weight is 854 g/mol. The summed E-state index contributed by atoms with van der Waals surface area (Å²) in [6, 6.07) is 0. The summed E-state index contributed by atoms with van der Waals surface area (Å²) in [5, 5.41) is 22.0. The Bertz CT molecular complexity index is 969. The average Bonchev–Trinajstić information content (AvgIpc) is 3.62. The number of hydrogen-bond donors (Lipinski definition) is 2. The molecular weight excluding hydrogens is 791 g/mol. The first-order chi connectivity index (χ1) is 20.7. The molecule has 0 spiro atoms. The van der Waals surface area contributed by atoms with Crippen LogP contribution >= 0.6 is 0 Å². The summed E-state index contributed by atoms with van der Waals surface area (Å²) in [7, 11) is 0. The first-order valence-electron chi connectivity index (χ1n) is 17.6. The zero-order valence-electron chi connectivity index (χ0n) is 29.8. The van der Waals surface area contributed by atoms with Gasteiger partial charge in [-0.3, -0.25) is 0 Å². The maximum Gasteiger partial charge on any atom is 0.163 e. The van der Waals surface area contributed by atoms with Gasteiger partial charge in [0.25, 0.3) is 0 Å². The smallest absolute Gasteiger partial charge is 0.163 e. The third-order valence-corrected chi connectivity index (χ3v) is 12.7. The summed E-state index contributed by atoms with van der Waals surface area (Å²) < 4.78 is 45.7. The van der Waals surface area contributed by atoms with Gasteiger partial charge in [-0.15, -0.1) is 0 Å². The van der Waals surface area contributed by atoms with E-state index in [-0.39, 0.29) is 122 Å². The zero-order chi connectivity index (χ0) is 32.4. The Kier molecular flexibility index (Phi) is 13.1. The molecule has 0 amide bonds. The van der Waals surface area contributed by atoms with Crippen LogP contribution in [0.1, 0.15) is 95.9 Å². The predicted octanol–water partition coefficient (Wildman–Crippen LogP) is 5.14. The van der Waals surface area contributed by atoms with E-state index in [2.05, 4.69) is 48.5 Å². The topological polar surface area (TPSA) is 105 Å². The molecule has 21 atom stereocenters. The summed E-state index contributed by atoms with van der Waals surface area (Å²) in [5.41, 5.74) is -0.454. The SMILES string of the molecule is CCC1O[C@H](C)C(C)C(C)[C@@H]1O[C@H]1OC(C)[C@@H]2[C@@H](C1C)C2(C)O[C@@H]1OC(CC)[C@H](O[C@H]2OC(C)[C@@H](O)C(C)C2C)[C@H](O)C1C.[Ac]. The number of aliphatic hydroxyl groups is 2. The van der Waals surface area contributed by atoms with Gasteiger partial charge in [-0.25, -0.2) is 0 Å². The minimum atomic E-state index is -0.790. The van der Waals surface area contributed by atoms with Crippen molar-refractivity contribution in [2.24, 2.45) is 47.3 Å². The Balaban J connectivity index is 0.00000461. The summed E-state index contributed by atoms with van der Waals surface area (Å²) in [4.78, 5) is 0. The summed E-state index contributed by atoms with van der Waals surface area (Å²) in [5.74, 6) is 1.05. The normalized spacial score (nSPS) is 56.7. The molecule has 5 aliphatic rings. The minimum absolute atomic E-state index is 0. The molecule has 0 aromatic carbocycles. The molecule has 9 nitrogen and oxygen atoms in total. The fourth-order valence-electron chi connectivity index (χ4n) is 8.95. The maximum atomic E-state index is 11.6. The number of rotatable bonds is 8. The van der Waals surface area contributed by atoms with E-state index in [0.717, 1.165) is 6.42 Å². The molecule has 45 heavy (non-hydrogen) atoms. The van der Waals surface area contributed by atoms with Crippen LogP contribution in [0, 0.1) is 91.4 Å². The second-order valence-electron chi connectivity index (χ2n) is 15.3. The maximum absolute atomic E-state index is 11.6. The molecule has 1 radical (unpaired) electrons. The van der Waals surface area contributed by atoms with Crippen LogP contribution in [-0.4, -0.2) is 89.6 Å². The Morgan fingerprint density at radius 1 is 0.533 bits per heavy atom. The van der Waals surface area contributed by atoms with Crippen molar-refractivity contribution in [1.29, 1.82) is 0 Å². The molecule has 2 N–H and O–H groups in total. The molecule has 4 aliphatic heterocycles. The third-order valence-electron chi connectivity index (χ3n) is 12.7. The molecular formula is C35H62AcO9. The van der Waals surface area contributed by atoms with Gasteiger partial charge in [-0.05, 0) is 58.3 Å². The fraction of sp³-hybridized carbons (Fsp3) is 1.00. The van der Waals surface area contributed by atoms with Crippen molar-refractivity contribution in [3.63, 3.8) is 0 Å². The Hall–Kier alpha value is 1.08. The van der Waals surface area contributed by atoms with Gasteiger partial charge in [-0.1, -0.05) is 55.4 Å². The minimum Gasteiger partial charge on any atom is -0.390 e. The molecule has 11 unspecified atom stereocenters. The number of hydrogen-bond acceptors (Lipinski definition) is 9. The van der Waals surface area contributed by atoms with E-state index in [4.69, 9.17) is 33.2 Å². The van der Waals surface area contributed by atoms with Crippen molar-refractivity contribution in [3.05, 3.63) is 0 Å². The van der Waals surface area contributed by atoms with Gasteiger partial charge in [0.2, 0.25) is 0 Å². The van der Waals surface area contributed by atoms with Crippen LogP contribution in [0.5, 0.6) is 0 Å². The van der Waals surface area contributed by atoms with E-state index in [0.29, 0.717) is 18.3 Å². The molecule has 0 aromatic rings. The fourth-order valence-corrected chi connectivity index (χ4v) is 8.95. The second-order valence-corrected chi connectivity index (χ2v) is 15.3. The van der Waals surface area contributed by atoms with Crippen LogP contribution in [-0.2, 0) is 33.2 Å². The van der Waals surface area contributed by atoms with Crippen molar-refractivity contribution in [2.75, 3.05) is 0 Å². The van der Waals surface area contributed by atoms with E-state index in [1.165, 1.54) is 0 Å². The van der Waals surface area contributed by atoms with Crippen LogP contribution in [0.15, 0.2) is 0 Å². The monoisotopic (exact) mass is 853 g/mol. The number of ether oxygens (including phenoxy) is 7. The van der Waals surface area contributed by atoms with Crippen molar-refractivity contribution in [1.82, 2.24) is 0 Å². The standard InChI is InChI=1S/C35H62O9.Ac/c1-13-24-30(17(5)15(3)21(9)38-24)42-33-19(7)26-27(22(10)39-33)35(26,12)44-34-20(8)29(37)31(25(14-2)41-34)43-32-18(6)16(4)28(36)23(11)40-32;/h15-34,36-37H,13-14H2,1-12H3;/t15?,16?,17?,18?,19?,20?,21-,22?,23?,24?,25?,26-,27-,28+,29-,30+,31+,32-,33-,34+,35?;/m1./s1. The molecule has 10 heteroatoms. The van der Waals surface area contributed by atoms with E-state index in [1.54, 1.807) is 0 Å². The predicted molar refractivity (Wildman–Crippen MR) is 165 cm³/mol. The van der Waals surface area contributed by atoms with Crippen LogP contribution in [0.25, 0.3) is 0 Å². The molecule has 0 bridgehead atoms. The molecule has 4 heterocycles. The molecule has 259 valence electrons. The van der Waals surface area contributed by atoms with E-state index in [1.807, 2.05) is 34.6 Å². The number of aliphatic hydroxyl groups excluding tert-OH is 2. The first kappa shape index (κ1) is 38.9. The van der Waals surface area contributed by atoms with Crippen molar-refractivity contribution >= 4 is 0 Å². The molecule has 0 aromatic heterocycles. The summed E-state index contributed by atoms with van der Waals surface area (Å²) in [6.07, 6.45) is -2.23. The van der Waals surface area contributed by atoms with Crippen molar-refractivity contribution < 1.29 is 87.4 Å². The summed E-state index contributed by atoms with van der Waals surface area (Å²) >= 11 is 0. The van der Waals surface area contributed by atoms with Gasteiger partial charge in [0.15, 0.2) is 18.9 Å². The van der Waals surface area contributed by atoms with Crippen LogP contribution in [0.3, 0.4) is 0 Å². The van der Waals surface area contributed by atoms with Crippen molar-refractivity contribution in [2.45, 2.75) is 175 Å². The molecule has 4 saturated heterocycles. The Morgan fingerprint density at radius 3 is 1.71 bits per heavy atom. The molecule has 1 aliphatic carbocycles. The van der Waals surface area contributed by atoms with Gasteiger partial charge in [0.05, 0.1) is 54.4 Å². The van der Waals surface area contributed by atoms with E-state index < -0.39 is 36.5 Å². The van der Waals surface area contributed by atoms with Gasteiger partial charge in [0.1, 0.15) is 6.10 Å². The van der Waals surface area contributed by atoms with Gasteiger partial charge in [0, 0.05) is 73.7 Å². The quantitative estimate of drug-likeness (QED) is 0.344.